The van der Waals surface area contributed by atoms with Crippen molar-refractivity contribution < 1.29 is 5.11 Å². The van der Waals surface area contributed by atoms with Crippen molar-refractivity contribution in [3.05, 3.63) is 185 Å². The van der Waals surface area contributed by atoms with Gasteiger partial charge in [0.2, 0.25) is 0 Å². The normalized spacial score (nSPS) is 12.9. The molecule has 0 spiro atoms. The molecule has 0 bridgehead atoms. The molecule has 10 rings (SSSR count). The smallest absolute Gasteiger partial charge is 0.139 e. The molecule has 1 aliphatic heterocycles. The Bertz CT molecular complexity index is 3060. The van der Waals surface area contributed by atoms with E-state index in [4.69, 9.17) is 0 Å². The first-order valence-corrected chi connectivity index (χ1v) is 17.1. The van der Waals surface area contributed by atoms with Crippen LogP contribution in [-0.2, 0) is 0 Å². The molecule has 51 heavy (non-hydrogen) atoms. The van der Waals surface area contributed by atoms with E-state index >= 15 is 0 Å². The first-order chi connectivity index (χ1) is 25.2. The minimum atomic E-state index is 0.219. The van der Waals surface area contributed by atoms with E-state index < -0.39 is 0 Å². The van der Waals surface area contributed by atoms with Gasteiger partial charge < -0.3 is 15.0 Å². The summed E-state index contributed by atoms with van der Waals surface area (Å²) in [7, 11) is 0. The van der Waals surface area contributed by atoms with Crippen LogP contribution in [0.4, 0.5) is 0 Å². The van der Waals surface area contributed by atoms with E-state index in [2.05, 4.69) is 140 Å². The van der Waals surface area contributed by atoms with Gasteiger partial charge in [0.15, 0.2) is 0 Å². The molecular formula is C46H30N4O. The number of dihydropyridines is 1. The highest BCUT2D eigenvalue weighted by Gasteiger charge is 2.18. The Hall–Kier alpha value is -7.03. The van der Waals surface area contributed by atoms with Crippen molar-refractivity contribution in [1.29, 1.82) is 0 Å². The second kappa shape index (κ2) is 11.5. The lowest BCUT2D eigenvalue weighted by Crippen LogP contribution is -2.20. The number of rotatable bonds is 5. The predicted octanol–water partition coefficient (Wildman–Crippen LogP) is 8.12. The van der Waals surface area contributed by atoms with Crippen LogP contribution in [-0.4, -0.2) is 25.8 Å². The van der Waals surface area contributed by atoms with Crippen molar-refractivity contribution >= 4 is 38.8 Å². The Morgan fingerprint density at radius 1 is 0.588 bits per heavy atom. The summed E-state index contributed by atoms with van der Waals surface area (Å²) in [5.41, 5.74) is 17.9. The quantitative estimate of drug-likeness (QED) is 0.197. The lowest BCUT2D eigenvalue weighted by Gasteiger charge is -2.15. The SMILES string of the molecule is Oc1ccccc1-n1c2c(c3ccccc31)=c1c(n(-c3cccc(-c4cc(C5=CCNC=C5)cc(-c5ccncc5)c4)c3)c3ccccc13)=C=C=2. The number of aromatic nitrogens is 3. The van der Waals surface area contributed by atoms with E-state index in [1.807, 2.05) is 42.9 Å². The lowest BCUT2D eigenvalue weighted by molar-refractivity contribution is 0.472. The minimum absolute atomic E-state index is 0.219. The number of hydrogen-bond acceptors (Lipinski definition) is 3. The molecule has 0 unspecified atom stereocenters. The largest absolute Gasteiger partial charge is 0.506 e. The summed E-state index contributed by atoms with van der Waals surface area (Å²) in [6.07, 6.45) is 10.1. The lowest BCUT2D eigenvalue weighted by atomic mass is 9.93. The fraction of sp³-hybridized carbons (Fsp3) is 0.0217. The molecule has 0 atom stereocenters. The minimum Gasteiger partial charge on any atom is -0.506 e. The molecule has 0 fully saturated rings. The number of phenols is 1. The molecule has 3 aromatic heterocycles. The van der Waals surface area contributed by atoms with Crippen LogP contribution in [0, 0.1) is 10.4 Å². The Balaban J connectivity index is 1.25. The molecule has 4 heterocycles. The summed E-state index contributed by atoms with van der Waals surface area (Å²) in [5.74, 6) is 0.219. The molecule has 0 amide bonds. The fourth-order valence-corrected chi connectivity index (χ4v) is 7.68. The molecule has 5 aromatic carbocycles. The van der Waals surface area contributed by atoms with E-state index in [9.17, 15) is 5.11 Å². The highest BCUT2D eigenvalue weighted by atomic mass is 16.3. The van der Waals surface area contributed by atoms with Crippen LogP contribution in [0.25, 0.3) is 72.5 Å². The number of hydrogen-bond donors (Lipinski definition) is 2. The molecule has 1 aliphatic carbocycles. The summed E-state index contributed by atoms with van der Waals surface area (Å²) < 4.78 is 4.41. The van der Waals surface area contributed by atoms with E-state index in [0.717, 1.165) is 77.4 Å². The number of para-hydroxylation sites is 4. The summed E-state index contributed by atoms with van der Waals surface area (Å²) in [5, 5.41) is 20.5. The number of pyridine rings is 1. The Labute approximate surface area is 293 Å². The van der Waals surface area contributed by atoms with E-state index in [0.29, 0.717) is 5.69 Å². The van der Waals surface area contributed by atoms with Crippen LogP contribution in [0.3, 0.4) is 0 Å². The molecule has 0 radical (unpaired) electrons. The van der Waals surface area contributed by atoms with Crippen molar-refractivity contribution in [2.45, 2.75) is 0 Å². The molecule has 5 nitrogen and oxygen atoms in total. The molecule has 2 N–H and O–H groups in total. The molecule has 8 aromatic rings. The van der Waals surface area contributed by atoms with Gasteiger partial charge in [-0.2, -0.15) is 0 Å². The fourth-order valence-electron chi connectivity index (χ4n) is 7.68. The van der Waals surface area contributed by atoms with Crippen LogP contribution in [0.1, 0.15) is 5.56 Å². The Morgan fingerprint density at radius 3 is 1.96 bits per heavy atom. The van der Waals surface area contributed by atoms with Gasteiger partial charge in [-0.15, -0.1) is 0 Å². The zero-order valence-corrected chi connectivity index (χ0v) is 27.5. The first-order valence-electron chi connectivity index (χ1n) is 17.1. The Kier molecular flexibility index (Phi) is 6.55. The highest BCUT2D eigenvalue weighted by molar-refractivity contribution is 5.90. The van der Waals surface area contributed by atoms with Crippen LogP contribution < -0.4 is 16.0 Å². The molecule has 0 saturated carbocycles. The van der Waals surface area contributed by atoms with Crippen molar-refractivity contribution in [2.75, 3.05) is 6.54 Å². The van der Waals surface area contributed by atoms with E-state index in [-0.39, 0.29) is 5.75 Å². The summed E-state index contributed by atoms with van der Waals surface area (Å²) in [4.78, 5) is 4.26. The van der Waals surface area contributed by atoms with Gasteiger partial charge in [-0.3, -0.25) is 9.55 Å². The van der Waals surface area contributed by atoms with Gasteiger partial charge >= 0.3 is 0 Å². The zero-order valence-electron chi connectivity index (χ0n) is 27.5. The molecule has 5 heteroatoms. The van der Waals surface area contributed by atoms with E-state index in [1.54, 1.807) is 6.07 Å². The maximum absolute atomic E-state index is 11.0. The highest BCUT2D eigenvalue weighted by Crippen LogP contribution is 2.33. The predicted molar refractivity (Wildman–Crippen MR) is 206 cm³/mol. The van der Waals surface area contributed by atoms with Gasteiger partial charge in [0.05, 0.1) is 16.7 Å². The molecule has 240 valence electrons. The summed E-state index contributed by atoms with van der Waals surface area (Å²) >= 11 is 0. The monoisotopic (exact) mass is 654 g/mol. The van der Waals surface area contributed by atoms with Gasteiger partial charge in [0.25, 0.3) is 0 Å². The number of benzene rings is 5. The third kappa shape index (κ3) is 4.62. The maximum Gasteiger partial charge on any atom is 0.139 e. The van der Waals surface area contributed by atoms with Crippen LogP contribution in [0.5, 0.6) is 5.75 Å². The summed E-state index contributed by atoms with van der Waals surface area (Å²) in [6.45, 7) is 0.801. The summed E-state index contributed by atoms with van der Waals surface area (Å²) in [6, 6.07) is 44.2. The van der Waals surface area contributed by atoms with Crippen LogP contribution >= 0.6 is 0 Å². The van der Waals surface area contributed by atoms with Crippen molar-refractivity contribution in [3.8, 4) is 39.4 Å². The molecule has 0 saturated heterocycles. The number of nitrogens with zero attached hydrogens (tertiary/aromatic N) is 3. The number of nitrogens with one attached hydrogen (secondary N) is 1. The second-order valence-corrected chi connectivity index (χ2v) is 12.9. The van der Waals surface area contributed by atoms with Gasteiger partial charge in [-0.25, -0.2) is 0 Å². The standard InChI is InChI=1S/C46H30N4O/c51-44-15-6-5-14-41(44)50-40-13-4-2-11-38(40)46-43(50)17-16-42-45(46)37-10-1-3-12-39(37)49(42)36-9-7-8-32(29-36)35-27-33(30-18-22-47-23-19-30)26-34(28-35)31-20-24-48-25-21-31/h1-15,18-24,26-29,48,51H,25H2. The van der Waals surface area contributed by atoms with Gasteiger partial charge in [0.1, 0.15) is 16.4 Å². The van der Waals surface area contributed by atoms with Gasteiger partial charge in [-0.1, -0.05) is 66.7 Å². The number of phenolic OH excluding ortho intramolecular Hbond substituents is 1. The van der Waals surface area contributed by atoms with Crippen molar-refractivity contribution in [3.63, 3.8) is 0 Å². The number of fused-ring (bicyclic) bond motifs is 6. The first kappa shape index (κ1) is 28.9. The average molecular weight is 655 g/mol. The van der Waals surface area contributed by atoms with Gasteiger partial charge in [0, 0.05) is 45.8 Å². The zero-order chi connectivity index (χ0) is 33.9. The van der Waals surface area contributed by atoms with Crippen LogP contribution in [0.2, 0.25) is 0 Å². The average Bonchev–Trinajstić information content (AvgIpc) is 3.71. The van der Waals surface area contributed by atoms with Crippen LogP contribution in [0.15, 0.2) is 158 Å². The third-order valence-corrected chi connectivity index (χ3v) is 9.96. The van der Waals surface area contributed by atoms with Crippen molar-refractivity contribution in [2.24, 2.45) is 0 Å². The van der Waals surface area contributed by atoms with Gasteiger partial charge in [-0.05, 0) is 124 Å². The number of allylic oxidation sites excluding steroid dienone is 2. The topological polar surface area (TPSA) is 55.0 Å². The van der Waals surface area contributed by atoms with Crippen molar-refractivity contribution in [1.82, 2.24) is 19.4 Å². The number of aromatic hydroxyl groups is 1. The Morgan fingerprint density at radius 2 is 1.24 bits per heavy atom. The van der Waals surface area contributed by atoms with E-state index in [1.165, 1.54) is 11.1 Å². The maximum atomic E-state index is 11.0. The molecular weight excluding hydrogens is 625 g/mol. The third-order valence-electron chi connectivity index (χ3n) is 9.96. The second-order valence-electron chi connectivity index (χ2n) is 12.9. The molecule has 2 aliphatic rings.